The summed E-state index contributed by atoms with van der Waals surface area (Å²) in [5, 5.41) is 15.7. The molecule has 0 heterocycles. The maximum Gasteiger partial charge on any atom is 0.161 e. The van der Waals surface area contributed by atoms with Gasteiger partial charge in [-0.05, 0) is 23.8 Å². The molecule has 0 radical (unpaired) electrons. The highest BCUT2D eigenvalue weighted by Gasteiger charge is 1.99. The molecule has 5 heteroatoms. The van der Waals surface area contributed by atoms with Crippen molar-refractivity contribution in [3.63, 3.8) is 0 Å². The quantitative estimate of drug-likeness (QED) is 0.786. The number of benzene rings is 1. The summed E-state index contributed by atoms with van der Waals surface area (Å²) < 4.78 is 15.5. The zero-order valence-electron chi connectivity index (χ0n) is 7.64. The lowest BCUT2D eigenvalue weighted by atomic mass is 10.2. The molecular formula is C9H11NO3S. The Morgan fingerprint density at radius 3 is 2.86 bits per heavy atom. The second-order valence-corrected chi connectivity index (χ2v) is 3.49. The van der Waals surface area contributed by atoms with Gasteiger partial charge < -0.3 is 9.84 Å². The summed E-state index contributed by atoms with van der Waals surface area (Å²) in [5.74, 6) is 0.438. The van der Waals surface area contributed by atoms with E-state index < -0.39 is 11.0 Å². The smallest absolute Gasteiger partial charge is 0.161 e. The number of hydrogen-bond donors (Lipinski definition) is 2. The summed E-state index contributed by atoms with van der Waals surface area (Å²) in [6.07, 6.45) is 1.60. The molecule has 4 nitrogen and oxygen atoms in total. The van der Waals surface area contributed by atoms with Crippen LogP contribution in [0.3, 0.4) is 0 Å². The Bertz CT molecular complexity index is 376. The second kappa shape index (κ2) is 4.78. The summed E-state index contributed by atoms with van der Waals surface area (Å²) in [4.78, 5) is 0. The highest BCUT2D eigenvalue weighted by Crippen LogP contribution is 2.26. The van der Waals surface area contributed by atoms with E-state index >= 15 is 0 Å². The Labute approximate surface area is 84.6 Å². The number of aromatic hydroxyl groups is 1. The van der Waals surface area contributed by atoms with Gasteiger partial charge in [0.2, 0.25) is 0 Å². The maximum absolute atomic E-state index is 10.6. The van der Waals surface area contributed by atoms with Crippen LogP contribution in [0.1, 0.15) is 5.56 Å². The predicted octanol–water partition coefficient (Wildman–Crippen LogP) is 0.994. The lowest BCUT2D eigenvalue weighted by molar-refractivity contribution is 0.373. The van der Waals surface area contributed by atoms with Crippen LogP contribution in [0, 0.1) is 0 Å². The van der Waals surface area contributed by atoms with Gasteiger partial charge in [0.25, 0.3) is 0 Å². The van der Waals surface area contributed by atoms with Gasteiger partial charge in [-0.25, -0.2) is 9.35 Å². The van der Waals surface area contributed by atoms with Gasteiger partial charge in [0.05, 0.1) is 7.11 Å². The van der Waals surface area contributed by atoms with Crippen LogP contribution in [0.4, 0.5) is 0 Å². The van der Waals surface area contributed by atoms with Gasteiger partial charge in [0.1, 0.15) is 11.0 Å². The summed E-state index contributed by atoms with van der Waals surface area (Å²) in [6.45, 7) is 0. The molecule has 1 atom stereocenters. The van der Waals surface area contributed by atoms with Crippen molar-refractivity contribution >= 4 is 17.1 Å². The van der Waals surface area contributed by atoms with Crippen LogP contribution in [0.25, 0.3) is 6.08 Å². The summed E-state index contributed by atoms with van der Waals surface area (Å²) >= 11 is 0. The highest BCUT2D eigenvalue weighted by atomic mass is 32.2. The fourth-order valence-electron chi connectivity index (χ4n) is 0.944. The van der Waals surface area contributed by atoms with Gasteiger partial charge in [-0.1, -0.05) is 6.07 Å². The van der Waals surface area contributed by atoms with Crippen molar-refractivity contribution in [2.24, 2.45) is 5.14 Å². The van der Waals surface area contributed by atoms with Crippen molar-refractivity contribution in [1.29, 1.82) is 0 Å². The van der Waals surface area contributed by atoms with Crippen molar-refractivity contribution in [2.45, 2.75) is 0 Å². The first kappa shape index (κ1) is 10.7. The molecule has 1 aromatic rings. The largest absolute Gasteiger partial charge is 0.504 e. The third-order valence-corrected chi connectivity index (χ3v) is 2.00. The van der Waals surface area contributed by atoms with E-state index in [2.05, 4.69) is 0 Å². The molecule has 0 spiro atoms. The fraction of sp³-hybridized carbons (Fsp3) is 0.111. The SMILES string of the molecule is COc1cc(/C=C\S(N)=O)ccc1O. The van der Waals surface area contributed by atoms with Gasteiger partial charge in [-0.15, -0.1) is 0 Å². The van der Waals surface area contributed by atoms with Crippen LogP contribution >= 0.6 is 0 Å². The molecule has 0 amide bonds. The lowest BCUT2D eigenvalue weighted by Crippen LogP contribution is -1.95. The van der Waals surface area contributed by atoms with E-state index in [-0.39, 0.29) is 5.75 Å². The molecule has 0 aliphatic carbocycles. The van der Waals surface area contributed by atoms with E-state index in [1.54, 1.807) is 18.2 Å². The normalized spacial score (nSPS) is 13.0. The van der Waals surface area contributed by atoms with Crippen LogP contribution in [0.5, 0.6) is 11.5 Å². The molecule has 14 heavy (non-hydrogen) atoms. The van der Waals surface area contributed by atoms with Crippen LogP contribution in [-0.2, 0) is 11.0 Å². The summed E-state index contributed by atoms with van der Waals surface area (Å²) in [6, 6.07) is 4.79. The topological polar surface area (TPSA) is 72.5 Å². The number of rotatable bonds is 3. The van der Waals surface area contributed by atoms with Crippen molar-refractivity contribution in [1.82, 2.24) is 0 Å². The average Bonchev–Trinajstić information content (AvgIpc) is 2.16. The zero-order chi connectivity index (χ0) is 10.6. The van der Waals surface area contributed by atoms with Gasteiger partial charge >= 0.3 is 0 Å². The van der Waals surface area contributed by atoms with Crippen LogP contribution in [0.2, 0.25) is 0 Å². The van der Waals surface area contributed by atoms with Crippen molar-refractivity contribution in [3.8, 4) is 11.5 Å². The van der Waals surface area contributed by atoms with Gasteiger partial charge in [0, 0.05) is 5.41 Å². The standard InChI is InChI=1S/C9H11NO3S/c1-13-9-6-7(2-3-8(9)11)4-5-14(10)12/h2-6,11H,10H2,1H3/b5-4-. The van der Waals surface area contributed by atoms with Crippen LogP contribution < -0.4 is 9.88 Å². The van der Waals surface area contributed by atoms with Crippen LogP contribution in [-0.4, -0.2) is 16.4 Å². The first-order chi connectivity index (χ1) is 6.63. The van der Waals surface area contributed by atoms with E-state index in [0.717, 1.165) is 5.56 Å². The number of hydrogen-bond acceptors (Lipinski definition) is 3. The molecule has 76 valence electrons. The number of phenols is 1. The average molecular weight is 213 g/mol. The fourth-order valence-corrected chi connectivity index (χ4v) is 1.23. The third-order valence-electron chi connectivity index (χ3n) is 1.60. The summed E-state index contributed by atoms with van der Waals surface area (Å²) in [7, 11) is -0.00191. The Morgan fingerprint density at radius 2 is 2.29 bits per heavy atom. The summed E-state index contributed by atoms with van der Waals surface area (Å²) in [5.41, 5.74) is 0.762. The molecule has 1 rings (SSSR count). The predicted molar refractivity (Wildman–Crippen MR) is 56.0 cm³/mol. The molecule has 0 fully saturated rings. The molecule has 3 N–H and O–H groups in total. The highest BCUT2D eigenvalue weighted by molar-refractivity contribution is 7.85. The molecule has 0 saturated carbocycles. The van der Waals surface area contributed by atoms with E-state index in [4.69, 9.17) is 9.88 Å². The first-order valence-electron chi connectivity index (χ1n) is 3.83. The molecule has 1 unspecified atom stereocenters. The van der Waals surface area contributed by atoms with Crippen molar-refractivity contribution in [2.75, 3.05) is 7.11 Å². The van der Waals surface area contributed by atoms with E-state index in [1.165, 1.54) is 18.6 Å². The first-order valence-corrected chi connectivity index (χ1v) is 5.11. The van der Waals surface area contributed by atoms with Crippen molar-refractivity contribution in [3.05, 3.63) is 29.2 Å². The molecular weight excluding hydrogens is 202 g/mol. The Hall–Kier alpha value is -1.33. The molecule has 0 aliphatic rings. The molecule has 1 aromatic carbocycles. The van der Waals surface area contributed by atoms with E-state index in [0.29, 0.717) is 5.75 Å². The minimum atomic E-state index is -1.46. The Kier molecular flexibility index (Phi) is 3.67. The molecule has 0 bridgehead atoms. The van der Waals surface area contributed by atoms with Crippen molar-refractivity contribution < 1.29 is 14.1 Å². The van der Waals surface area contributed by atoms with E-state index in [9.17, 15) is 9.32 Å². The lowest BCUT2D eigenvalue weighted by Gasteiger charge is -2.03. The molecule has 0 aromatic heterocycles. The van der Waals surface area contributed by atoms with Crippen LogP contribution in [0.15, 0.2) is 23.6 Å². The monoisotopic (exact) mass is 213 g/mol. The number of methoxy groups -OCH3 is 1. The number of nitrogens with two attached hydrogens (primary N) is 1. The Morgan fingerprint density at radius 1 is 1.57 bits per heavy atom. The minimum absolute atomic E-state index is 0.0681. The Balaban J connectivity index is 2.95. The third kappa shape index (κ3) is 2.86. The second-order valence-electron chi connectivity index (χ2n) is 2.56. The number of ether oxygens (including phenoxy) is 1. The molecule has 0 saturated heterocycles. The van der Waals surface area contributed by atoms with E-state index in [1.807, 2.05) is 0 Å². The van der Waals surface area contributed by atoms with Gasteiger partial charge in [-0.3, -0.25) is 0 Å². The zero-order valence-corrected chi connectivity index (χ0v) is 8.45. The minimum Gasteiger partial charge on any atom is -0.504 e. The van der Waals surface area contributed by atoms with Gasteiger partial charge in [0.15, 0.2) is 11.5 Å². The maximum atomic E-state index is 10.6. The molecule has 0 aliphatic heterocycles. The number of phenolic OH excluding ortho intramolecular Hbond substituents is 1. The van der Waals surface area contributed by atoms with Gasteiger partial charge in [-0.2, -0.15) is 0 Å².